The maximum absolute atomic E-state index is 5.87. The number of nitrogens with zero attached hydrogens (tertiary/aromatic N) is 1. The Kier molecular flexibility index (Phi) is 15.8. The van der Waals surface area contributed by atoms with Crippen molar-refractivity contribution in [2.45, 2.75) is 41.0 Å². The Morgan fingerprint density at radius 3 is 1.93 bits per heavy atom. The van der Waals surface area contributed by atoms with Crippen molar-refractivity contribution in [2.75, 3.05) is 5.32 Å². The third-order valence-electron chi connectivity index (χ3n) is 5.80. The van der Waals surface area contributed by atoms with E-state index in [0.29, 0.717) is 0 Å². The summed E-state index contributed by atoms with van der Waals surface area (Å²) in [5.41, 5.74) is 4.30. The van der Waals surface area contributed by atoms with Crippen molar-refractivity contribution >= 4 is 11.3 Å². The lowest BCUT2D eigenvalue weighted by Gasteiger charge is -2.07. The fraction of sp³-hybridized carbons (Fsp3) is 0.154. The van der Waals surface area contributed by atoms with Crippen LogP contribution in [-0.2, 0) is 0 Å². The summed E-state index contributed by atoms with van der Waals surface area (Å²) in [7, 11) is 0. The van der Waals surface area contributed by atoms with Gasteiger partial charge in [0.2, 0.25) is 5.69 Å². The highest BCUT2D eigenvalue weighted by atomic mass is 16.5. The van der Waals surface area contributed by atoms with Gasteiger partial charge in [0.25, 0.3) is 0 Å². The van der Waals surface area contributed by atoms with Crippen molar-refractivity contribution in [3.05, 3.63) is 164 Å². The molecule has 222 valence electrons. The second kappa shape index (κ2) is 19.9. The number of benzene rings is 3. The second-order valence-electron chi connectivity index (χ2n) is 8.88. The summed E-state index contributed by atoms with van der Waals surface area (Å²) in [5, 5.41) is 3.33. The summed E-state index contributed by atoms with van der Waals surface area (Å²) in [6.07, 6.45) is 16.6. The lowest BCUT2D eigenvalue weighted by Crippen LogP contribution is -2.29. The number of hydrogen-bond acceptors (Lipinski definition) is 3. The van der Waals surface area contributed by atoms with Gasteiger partial charge in [-0.05, 0) is 98.2 Å². The second-order valence-corrected chi connectivity index (χ2v) is 8.88. The van der Waals surface area contributed by atoms with Crippen LogP contribution in [0, 0.1) is 0 Å². The lowest BCUT2D eigenvalue weighted by atomic mass is 10.1. The molecule has 1 heterocycles. The van der Waals surface area contributed by atoms with E-state index in [1.54, 1.807) is 12.2 Å². The molecule has 0 atom stereocenters. The number of aromatic nitrogens is 1. The Balaban J connectivity index is 0.00000121. The summed E-state index contributed by atoms with van der Waals surface area (Å²) in [6, 6.07) is 29.9. The molecule has 0 fully saturated rings. The largest absolute Gasteiger partial charge is 0.458 e. The zero-order valence-corrected chi connectivity index (χ0v) is 26.2. The number of anilines is 1. The van der Waals surface area contributed by atoms with E-state index < -0.39 is 0 Å². The molecular weight excluding hydrogens is 528 g/mol. The molecule has 43 heavy (non-hydrogen) atoms. The zero-order valence-electron chi connectivity index (χ0n) is 26.2. The lowest BCUT2D eigenvalue weighted by molar-refractivity contribution is -0.595. The van der Waals surface area contributed by atoms with Crippen LogP contribution in [0.3, 0.4) is 0 Å². The maximum atomic E-state index is 5.87. The Hall–Kier alpha value is -5.09. The van der Waals surface area contributed by atoms with Crippen LogP contribution in [-0.4, -0.2) is 0 Å². The molecule has 1 N–H and O–H groups in total. The highest BCUT2D eigenvalue weighted by molar-refractivity contribution is 5.73. The number of pyridine rings is 1. The highest BCUT2D eigenvalue weighted by Crippen LogP contribution is 2.23. The standard InChI is InChI=1S/C34H33N2O2.C3H6.C2H6/c1-4-10-31(6-3)37-34-19-15-30(16-20-34)36-25-22-28(23-26-36)27(5-2)21-24-35-29-13-17-33(18-14-29)38-32-11-8-7-9-12-32;1-3-2;1-2/h5-26,35H,3-4H2,1-2H3;3H,1H2,2H3;1-2H3/q+1;;/b24-21-,27-5+,31-10+;;. The SMILES string of the molecule is C=C/C(=C\CC)Oc1ccc(-[n+]2ccc(C(/C=C\Nc3ccc(Oc4ccccc4)cc3)=C/C)cc2)cc1.C=CC.CC. The first kappa shape index (κ1) is 34.1. The number of para-hydroxylation sites is 1. The highest BCUT2D eigenvalue weighted by Gasteiger charge is 2.08. The van der Waals surface area contributed by atoms with Crippen LogP contribution in [0.25, 0.3) is 11.3 Å². The first-order chi connectivity index (χ1) is 21.1. The molecule has 4 aromatic rings. The normalized spacial score (nSPS) is 10.9. The number of hydrogen-bond donors (Lipinski definition) is 1. The van der Waals surface area contributed by atoms with Crippen molar-refractivity contribution in [3.63, 3.8) is 0 Å². The first-order valence-electron chi connectivity index (χ1n) is 14.7. The van der Waals surface area contributed by atoms with Gasteiger partial charge in [0.1, 0.15) is 23.0 Å². The minimum Gasteiger partial charge on any atom is -0.458 e. The average Bonchev–Trinajstić information content (AvgIpc) is 3.06. The molecule has 0 unspecified atom stereocenters. The third kappa shape index (κ3) is 11.7. The first-order valence-corrected chi connectivity index (χ1v) is 14.7. The Morgan fingerprint density at radius 1 is 0.791 bits per heavy atom. The Morgan fingerprint density at radius 2 is 1.37 bits per heavy atom. The van der Waals surface area contributed by atoms with E-state index in [1.165, 1.54) is 0 Å². The smallest absolute Gasteiger partial charge is 0.210 e. The number of ether oxygens (including phenoxy) is 2. The quantitative estimate of drug-likeness (QED) is 0.0839. The molecule has 0 saturated heterocycles. The van der Waals surface area contributed by atoms with Gasteiger partial charge in [-0.1, -0.05) is 57.7 Å². The summed E-state index contributed by atoms with van der Waals surface area (Å²) < 4.78 is 13.8. The van der Waals surface area contributed by atoms with Crippen LogP contribution in [0.2, 0.25) is 0 Å². The number of nitrogens with one attached hydrogen (secondary N) is 1. The molecular formula is C39H45N2O2+. The average molecular weight is 574 g/mol. The van der Waals surface area contributed by atoms with Crippen LogP contribution >= 0.6 is 0 Å². The van der Waals surface area contributed by atoms with Gasteiger partial charge in [-0.15, -0.1) is 6.58 Å². The fourth-order valence-electron chi connectivity index (χ4n) is 3.81. The van der Waals surface area contributed by atoms with Gasteiger partial charge in [-0.3, -0.25) is 0 Å². The van der Waals surface area contributed by atoms with E-state index >= 15 is 0 Å². The predicted molar refractivity (Wildman–Crippen MR) is 184 cm³/mol. The molecule has 0 amide bonds. The van der Waals surface area contributed by atoms with E-state index in [1.807, 2.05) is 119 Å². The molecule has 4 rings (SSSR count). The predicted octanol–water partition coefficient (Wildman–Crippen LogP) is 10.9. The van der Waals surface area contributed by atoms with Crippen LogP contribution in [0.1, 0.15) is 46.6 Å². The van der Waals surface area contributed by atoms with E-state index in [2.05, 4.69) is 66.6 Å². The molecule has 0 aliphatic rings. The van der Waals surface area contributed by atoms with Crippen molar-refractivity contribution in [1.29, 1.82) is 0 Å². The van der Waals surface area contributed by atoms with Crippen LogP contribution < -0.4 is 19.4 Å². The number of allylic oxidation sites excluding steroid dienone is 6. The van der Waals surface area contributed by atoms with Gasteiger partial charge in [0.15, 0.2) is 12.4 Å². The van der Waals surface area contributed by atoms with Gasteiger partial charge < -0.3 is 14.8 Å². The van der Waals surface area contributed by atoms with Gasteiger partial charge in [-0.25, -0.2) is 0 Å². The van der Waals surface area contributed by atoms with Crippen molar-refractivity contribution in [2.24, 2.45) is 0 Å². The van der Waals surface area contributed by atoms with Gasteiger partial charge in [0, 0.05) is 36.2 Å². The van der Waals surface area contributed by atoms with Crippen molar-refractivity contribution in [1.82, 2.24) is 0 Å². The molecule has 0 aliphatic carbocycles. The summed E-state index contributed by atoms with van der Waals surface area (Å²) in [6.45, 7) is 17.2. The molecule has 0 aliphatic heterocycles. The molecule has 0 radical (unpaired) electrons. The summed E-state index contributed by atoms with van der Waals surface area (Å²) in [4.78, 5) is 0. The summed E-state index contributed by atoms with van der Waals surface area (Å²) in [5.74, 6) is 3.18. The van der Waals surface area contributed by atoms with Crippen LogP contribution in [0.4, 0.5) is 5.69 Å². The molecule has 4 heteroatoms. The molecule has 0 bridgehead atoms. The van der Waals surface area contributed by atoms with Gasteiger partial charge in [0.05, 0.1) is 0 Å². The monoisotopic (exact) mass is 573 g/mol. The molecule has 3 aromatic carbocycles. The van der Waals surface area contributed by atoms with Gasteiger partial charge in [-0.2, -0.15) is 4.57 Å². The number of rotatable bonds is 11. The summed E-state index contributed by atoms with van der Waals surface area (Å²) >= 11 is 0. The molecule has 0 spiro atoms. The van der Waals surface area contributed by atoms with E-state index in [0.717, 1.165) is 51.9 Å². The van der Waals surface area contributed by atoms with E-state index in [9.17, 15) is 0 Å². The van der Waals surface area contributed by atoms with Crippen LogP contribution in [0.5, 0.6) is 17.2 Å². The minimum atomic E-state index is 0.771. The third-order valence-corrected chi connectivity index (χ3v) is 5.80. The van der Waals surface area contributed by atoms with Crippen molar-refractivity contribution < 1.29 is 14.0 Å². The van der Waals surface area contributed by atoms with Gasteiger partial charge >= 0.3 is 0 Å². The molecule has 1 aromatic heterocycles. The fourth-order valence-corrected chi connectivity index (χ4v) is 3.81. The Labute approximate surface area is 258 Å². The maximum Gasteiger partial charge on any atom is 0.210 e. The zero-order chi connectivity index (χ0) is 31.3. The van der Waals surface area contributed by atoms with Crippen LogP contribution in [0.15, 0.2) is 159 Å². The molecule has 0 saturated carbocycles. The minimum absolute atomic E-state index is 0.771. The molecule has 4 nitrogen and oxygen atoms in total. The topological polar surface area (TPSA) is 34.4 Å². The van der Waals surface area contributed by atoms with Crippen molar-refractivity contribution in [3.8, 4) is 22.9 Å². The van der Waals surface area contributed by atoms with E-state index in [4.69, 9.17) is 9.47 Å². The van der Waals surface area contributed by atoms with E-state index in [-0.39, 0.29) is 0 Å². The Bertz CT molecular complexity index is 1450.